The van der Waals surface area contributed by atoms with Crippen molar-refractivity contribution in [3.05, 3.63) is 40.7 Å². The third-order valence-corrected chi connectivity index (χ3v) is 2.35. The summed E-state index contributed by atoms with van der Waals surface area (Å²) in [4.78, 5) is 0. The molecule has 0 unspecified atom stereocenters. The van der Waals surface area contributed by atoms with Gasteiger partial charge in [0.2, 0.25) is 0 Å². The van der Waals surface area contributed by atoms with Crippen molar-refractivity contribution in [3.63, 3.8) is 0 Å². The maximum atomic E-state index is 4.94. The van der Waals surface area contributed by atoms with Gasteiger partial charge in [-0.1, -0.05) is 27.2 Å². The van der Waals surface area contributed by atoms with Crippen LogP contribution in [0.5, 0.6) is 0 Å². The topological polar surface area (TPSA) is 38.1 Å². The number of hydrogen-bond donors (Lipinski definition) is 1. The molecule has 72 valence electrons. The molecular formula is C10H9BrN2O. The normalized spacial score (nSPS) is 10.1. The van der Waals surface area contributed by atoms with Crippen molar-refractivity contribution in [1.29, 1.82) is 0 Å². The number of nitrogens with zero attached hydrogens (tertiary/aromatic N) is 1. The van der Waals surface area contributed by atoms with Gasteiger partial charge in [-0.3, -0.25) is 0 Å². The van der Waals surface area contributed by atoms with E-state index in [-0.39, 0.29) is 0 Å². The van der Waals surface area contributed by atoms with E-state index in [1.165, 1.54) is 0 Å². The molecule has 0 spiro atoms. The zero-order valence-electron chi connectivity index (χ0n) is 7.62. The molecule has 0 aliphatic carbocycles. The van der Waals surface area contributed by atoms with Crippen LogP contribution in [0, 0.1) is 6.92 Å². The molecule has 0 atom stereocenters. The zero-order chi connectivity index (χ0) is 9.97. The molecule has 0 amide bonds. The van der Waals surface area contributed by atoms with Crippen molar-refractivity contribution < 1.29 is 4.52 Å². The molecule has 0 radical (unpaired) electrons. The first-order valence-corrected chi connectivity index (χ1v) is 4.99. The van der Waals surface area contributed by atoms with Crippen LogP contribution in [-0.4, -0.2) is 5.16 Å². The van der Waals surface area contributed by atoms with Crippen LogP contribution in [0.2, 0.25) is 0 Å². The van der Waals surface area contributed by atoms with Crippen LogP contribution in [0.25, 0.3) is 0 Å². The molecule has 0 bridgehead atoms. The Morgan fingerprint density at radius 3 is 2.93 bits per heavy atom. The van der Waals surface area contributed by atoms with Gasteiger partial charge in [-0.2, -0.15) is 0 Å². The molecule has 0 aliphatic rings. The third kappa shape index (κ3) is 1.96. The highest BCUT2D eigenvalue weighted by atomic mass is 79.9. The second-order valence-electron chi connectivity index (χ2n) is 2.93. The van der Waals surface area contributed by atoms with Crippen molar-refractivity contribution in [2.75, 3.05) is 5.32 Å². The highest BCUT2D eigenvalue weighted by molar-refractivity contribution is 9.10. The van der Waals surface area contributed by atoms with Crippen molar-refractivity contribution in [2.24, 2.45) is 0 Å². The Balaban J connectivity index is 2.23. The molecule has 2 aromatic rings. The van der Waals surface area contributed by atoms with E-state index < -0.39 is 0 Å². The predicted molar refractivity (Wildman–Crippen MR) is 58.7 cm³/mol. The van der Waals surface area contributed by atoms with E-state index in [0.717, 1.165) is 21.6 Å². The van der Waals surface area contributed by atoms with Crippen LogP contribution >= 0.6 is 15.9 Å². The largest absolute Gasteiger partial charge is 0.359 e. The molecule has 0 aliphatic heterocycles. The van der Waals surface area contributed by atoms with Crippen molar-refractivity contribution in [3.8, 4) is 0 Å². The van der Waals surface area contributed by atoms with E-state index in [4.69, 9.17) is 4.52 Å². The van der Waals surface area contributed by atoms with E-state index in [1.54, 1.807) is 6.20 Å². The molecule has 1 aromatic heterocycles. The summed E-state index contributed by atoms with van der Waals surface area (Å²) in [6.45, 7) is 1.87. The minimum Gasteiger partial charge on any atom is -0.359 e. The molecule has 0 saturated carbocycles. The quantitative estimate of drug-likeness (QED) is 0.890. The van der Waals surface area contributed by atoms with E-state index in [9.17, 15) is 0 Å². The van der Waals surface area contributed by atoms with Gasteiger partial charge in [0.1, 0.15) is 5.69 Å². The van der Waals surface area contributed by atoms with Crippen LogP contribution in [0.15, 0.2) is 39.5 Å². The molecule has 14 heavy (non-hydrogen) atoms. The molecule has 3 nitrogen and oxygen atoms in total. The lowest BCUT2D eigenvalue weighted by Gasteiger charge is -2.03. The summed E-state index contributed by atoms with van der Waals surface area (Å²) in [5, 5.41) is 6.90. The molecule has 1 aromatic carbocycles. The number of benzene rings is 1. The summed E-state index contributed by atoms with van der Waals surface area (Å²) >= 11 is 3.41. The standard InChI is InChI=1S/C10H9BrN2O/c1-7-10(6-12-14-7)13-9-4-2-3-8(11)5-9/h2-6,13H,1H3. The number of nitrogens with one attached hydrogen (secondary N) is 1. The summed E-state index contributed by atoms with van der Waals surface area (Å²) in [5.74, 6) is 0.782. The SMILES string of the molecule is Cc1oncc1Nc1cccc(Br)c1. The van der Waals surface area contributed by atoms with Gasteiger partial charge in [0.15, 0.2) is 5.76 Å². The van der Waals surface area contributed by atoms with Crippen molar-refractivity contribution in [2.45, 2.75) is 6.92 Å². The van der Waals surface area contributed by atoms with E-state index in [2.05, 4.69) is 26.4 Å². The van der Waals surface area contributed by atoms with Gasteiger partial charge in [0.25, 0.3) is 0 Å². The van der Waals surface area contributed by atoms with Crippen LogP contribution in [-0.2, 0) is 0 Å². The van der Waals surface area contributed by atoms with Crippen LogP contribution in [0.3, 0.4) is 0 Å². The van der Waals surface area contributed by atoms with Gasteiger partial charge < -0.3 is 9.84 Å². The lowest BCUT2D eigenvalue weighted by molar-refractivity contribution is 0.398. The van der Waals surface area contributed by atoms with Gasteiger partial charge in [-0.15, -0.1) is 0 Å². The minimum atomic E-state index is 0.782. The van der Waals surface area contributed by atoms with Crippen molar-refractivity contribution >= 4 is 27.3 Å². The number of aromatic nitrogens is 1. The number of aryl methyl sites for hydroxylation is 1. The van der Waals surface area contributed by atoms with Gasteiger partial charge in [-0.05, 0) is 25.1 Å². The van der Waals surface area contributed by atoms with Crippen LogP contribution < -0.4 is 5.32 Å². The monoisotopic (exact) mass is 252 g/mol. The van der Waals surface area contributed by atoms with Crippen LogP contribution in [0.1, 0.15) is 5.76 Å². The molecule has 4 heteroatoms. The summed E-state index contributed by atoms with van der Waals surface area (Å²) in [6.07, 6.45) is 1.66. The first-order valence-electron chi connectivity index (χ1n) is 4.19. The zero-order valence-corrected chi connectivity index (χ0v) is 9.21. The highest BCUT2D eigenvalue weighted by Crippen LogP contribution is 2.22. The van der Waals surface area contributed by atoms with E-state index in [1.807, 2.05) is 31.2 Å². The molecule has 0 fully saturated rings. The fourth-order valence-electron chi connectivity index (χ4n) is 1.14. The maximum absolute atomic E-state index is 4.94. The van der Waals surface area contributed by atoms with Crippen molar-refractivity contribution in [1.82, 2.24) is 5.16 Å². The average molecular weight is 253 g/mol. The number of halogens is 1. The van der Waals surface area contributed by atoms with E-state index in [0.29, 0.717) is 0 Å². The number of hydrogen-bond acceptors (Lipinski definition) is 3. The molecule has 2 rings (SSSR count). The smallest absolute Gasteiger partial charge is 0.157 e. The second-order valence-corrected chi connectivity index (χ2v) is 3.85. The molecule has 1 heterocycles. The fraction of sp³-hybridized carbons (Fsp3) is 0.100. The summed E-state index contributed by atoms with van der Waals surface area (Å²) < 4.78 is 5.98. The van der Waals surface area contributed by atoms with Gasteiger partial charge in [0.05, 0.1) is 6.20 Å². The van der Waals surface area contributed by atoms with Crippen LogP contribution in [0.4, 0.5) is 11.4 Å². The predicted octanol–water partition coefficient (Wildman–Crippen LogP) is 3.49. The summed E-state index contributed by atoms with van der Waals surface area (Å²) in [5.41, 5.74) is 1.90. The third-order valence-electron chi connectivity index (χ3n) is 1.85. The Labute approximate surface area is 90.2 Å². The molecule has 0 saturated heterocycles. The Bertz CT molecular complexity index is 439. The lowest BCUT2D eigenvalue weighted by Crippen LogP contribution is -1.89. The van der Waals surface area contributed by atoms with Gasteiger partial charge in [-0.25, -0.2) is 0 Å². The number of anilines is 2. The second kappa shape index (κ2) is 3.84. The molecular weight excluding hydrogens is 244 g/mol. The lowest BCUT2D eigenvalue weighted by atomic mass is 10.3. The summed E-state index contributed by atoms with van der Waals surface area (Å²) in [7, 11) is 0. The minimum absolute atomic E-state index is 0.782. The Morgan fingerprint density at radius 1 is 1.43 bits per heavy atom. The van der Waals surface area contributed by atoms with E-state index >= 15 is 0 Å². The highest BCUT2D eigenvalue weighted by Gasteiger charge is 2.02. The number of rotatable bonds is 2. The fourth-order valence-corrected chi connectivity index (χ4v) is 1.54. The molecule has 1 N–H and O–H groups in total. The Morgan fingerprint density at radius 2 is 2.29 bits per heavy atom. The first kappa shape index (κ1) is 9.27. The Kier molecular flexibility index (Phi) is 2.54. The first-order chi connectivity index (χ1) is 6.75. The van der Waals surface area contributed by atoms with Gasteiger partial charge in [0, 0.05) is 10.2 Å². The Hall–Kier alpha value is -1.29. The van der Waals surface area contributed by atoms with Gasteiger partial charge >= 0.3 is 0 Å². The summed E-state index contributed by atoms with van der Waals surface area (Å²) in [6, 6.07) is 7.92. The average Bonchev–Trinajstić information content (AvgIpc) is 2.52. The maximum Gasteiger partial charge on any atom is 0.157 e.